The minimum atomic E-state index is -0.696. The number of nitrogens with two attached hydrogens (primary N) is 1. The van der Waals surface area contributed by atoms with Gasteiger partial charge in [-0.2, -0.15) is 0 Å². The first-order chi connectivity index (χ1) is 8.99. The first kappa shape index (κ1) is 15.8. The Hall–Kier alpha value is -1.21. The second-order valence-corrected chi connectivity index (χ2v) is 5.41. The molecule has 1 saturated heterocycles. The third kappa shape index (κ3) is 6.49. The molecule has 4 N–H and O–H groups in total. The standard InChI is InChI=1S/C12H22N4O2S/c1-9(8-16-5-3-2-4-6-16)15-12(18)11(17)14-7-10(13)19/h9H,2-8H2,1H3,(H2,13,19)(H,14,17)(H,15,18). The number of carbonyl (C=O) groups excluding carboxylic acids is 2. The molecular weight excluding hydrogens is 264 g/mol. The molecule has 0 aromatic carbocycles. The van der Waals surface area contributed by atoms with Crippen LogP contribution < -0.4 is 16.4 Å². The van der Waals surface area contributed by atoms with Crippen LogP contribution in [0, 0.1) is 0 Å². The van der Waals surface area contributed by atoms with Crippen LogP contribution in [-0.2, 0) is 9.59 Å². The first-order valence-corrected chi connectivity index (χ1v) is 6.99. The van der Waals surface area contributed by atoms with Crippen LogP contribution in [0.2, 0.25) is 0 Å². The van der Waals surface area contributed by atoms with Gasteiger partial charge in [0, 0.05) is 12.6 Å². The number of amides is 2. The number of carbonyl (C=O) groups is 2. The number of nitrogens with zero attached hydrogens (tertiary/aromatic N) is 1. The highest BCUT2D eigenvalue weighted by atomic mass is 32.1. The van der Waals surface area contributed by atoms with Gasteiger partial charge in [-0.05, 0) is 32.9 Å². The third-order valence-electron chi connectivity index (χ3n) is 2.99. The minimum Gasteiger partial charge on any atom is -0.392 e. The number of hydrogen-bond acceptors (Lipinski definition) is 4. The molecule has 1 atom stereocenters. The van der Waals surface area contributed by atoms with E-state index in [9.17, 15) is 9.59 Å². The topological polar surface area (TPSA) is 87.5 Å². The van der Waals surface area contributed by atoms with Gasteiger partial charge in [0.15, 0.2) is 0 Å². The van der Waals surface area contributed by atoms with Gasteiger partial charge in [-0.1, -0.05) is 18.6 Å². The quantitative estimate of drug-likeness (QED) is 0.463. The molecule has 1 heterocycles. The molecule has 1 aliphatic heterocycles. The largest absolute Gasteiger partial charge is 0.392 e. The van der Waals surface area contributed by atoms with E-state index in [1.807, 2.05) is 6.92 Å². The summed E-state index contributed by atoms with van der Waals surface area (Å²) in [6, 6.07) is -0.0545. The fourth-order valence-corrected chi connectivity index (χ4v) is 2.18. The lowest BCUT2D eigenvalue weighted by Crippen LogP contribution is -2.49. The van der Waals surface area contributed by atoms with Gasteiger partial charge in [0.25, 0.3) is 0 Å². The second-order valence-electron chi connectivity index (χ2n) is 4.88. The molecule has 1 aliphatic rings. The van der Waals surface area contributed by atoms with Gasteiger partial charge >= 0.3 is 11.8 Å². The van der Waals surface area contributed by atoms with Gasteiger partial charge in [-0.15, -0.1) is 0 Å². The molecule has 0 aromatic rings. The molecule has 1 fully saturated rings. The van der Waals surface area contributed by atoms with Crippen molar-refractivity contribution in [1.82, 2.24) is 15.5 Å². The summed E-state index contributed by atoms with van der Waals surface area (Å²) in [6.45, 7) is 4.84. The van der Waals surface area contributed by atoms with Gasteiger partial charge in [0.1, 0.15) is 0 Å². The average molecular weight is 286 g/mol. The van der Waals surface area contributed by atoms with Crippen molar-refractivity contribution < 1.29 is 9.59 Å². The van der Waals surface area contributed by atoms with Crippen molar-refractivity contribution in [2.45, 2.75) is 32.2 Å². The summed E-state index contributed by atoms with van der Waals surface area (Å²) in [5.74, 6) is -1.33. The van der Waals surface area contributed by atoms with Crippen LogP contribution in [-0.4, -0.2) is 53.9 Å². The Morgan fingerprint density at radius 1 is 1.26 bits per heavy atom. The lowest BCUT2D eigenvalue weighted by atomic mass is 10.1. The molecule has 19 heavy (non-hydrogen) atoms. The summed E-state index contributed by atoms with van der Waals surface area (Å²) in [5, 5.41) is 5.03. The van der Waals surface area contributed by atoms with E-state index in [4.69, 9.17) is 5.73 Å². The van der Waals surface area contributed by atoms with Crippen LogP contribution >= 0.6 is 12.2 Å². The Labute approximate surface area is 119 Å². The highest BCUT2D eigenvalue weighted by Gasteiger charge is 2.18. The van der Waals surface area contributed by atoms with Gasteiger partial charge in [-0.3, -0.25) is 9.59 Å². The van der Waals surface area contributed by atoms with Gasteiger partial charge < -0.3 is 21.3 Å². The van der Waals surface area contributed by atoms with E-state index in [2.05, 4.69) is 27.8 Å². The second kappa shape index (κ2) is 8.06. The van der Waals surface area contributed by atoms with Crippen LogP contribution in [0.15, 0.2) is 0 Å². The van der Waals surface area contributed by atoms with Crippen molar-refractivity contribution in [3.8, 4) is 0 Å². The molecule has 0 radical (unpaired) electrons. The molecular formula is C12H22N4O2S. The van der Waals surface area contributed by atoms with E-state index in [0.717, 1.165) is 19.6 Å². The van der Waals surface area contributed by atoms with E-state index in [0.29, 0.717) is 0 Å². The van der Waals surface area contributed by atoms with E-state index in [1.165, 1.54) is 19.3 Å². The summed E-state index contributed by atoms with van der Waals surface area (Å²) < 4.78 is 0. The maximum atomic E-state index is 11.6. The Morgan fingerprint density at radius 2 is 1.89 bits per heavy atom. The molecule has 108 valence electrons. The van der Waals surface area contributed by atoms with Crippen molar-refractivity contribution >= 4 is 29.0 Å². The molecule has 2 amide bonds. The predicted molar refractivity (Wildman–Crippen MR) is 77.7 cm³/mol. The average Bonchev–Trinajstić information content (AvgIpc) is 2.36. The lowest BCUT2D eigenvalue weighted by molar-refractivity contribution is -0.139. The van der Waals surface area contributed by atoms with E-state index in [1.54, 1.807) is 0 Å². The summed E-state index contributed by atoms with van der Waals surface area (Å²) in [6.07, 6.45) is 3.68. The Bertz CT molecular complexity index is 343. The van der Waals surface area contributed by atoms with Crippen molar-refractivity contribution in [3.05, 3.63) is 0 Å². The molecule has 0 aliphatic carbocycles. The Balaban J connectivity index is 2.26. The van der Waals surface area contributed by atoms with E-state index >= 15 is 0 Å². The number of nitrogens with one attached hydrogen (secondary N) is 2. The van der Waals surface area contributed by atoms with E-state index < -0.39 is 11.8 Å². The normalized spacial score (nSPS) is 17.5. The van der Waals surface area contributed by atoms with Crippen LogP contribution in [0.3, 0.4) is 0 Å². The van der Waals surface area contributed by atoms with Crippen molar-refractivity contribution in [3.63, 3.8) is 0 Å². The van der Waals surface area contributed by atoms with Crippen LogP contribution in [0.5, 0.6) is 0 Å². The number of piperidine rings is 1. The molecule has 0 spiro atoms. The Kier molecular flexibility index (Phi) is 6.72. The maximum absolute atomic E-state index is 11.6. The number of thiocarbonyl (C=S) groups is 1. The van der Waals surface area contributed by atoms with E-state index in [-0.39, 0.29) is 17.6 Å². The van der Waals surface area contributed by atoms with Crippen LogP contribution in [0.4, 0.5) is 0 Å². The lowest BCUT2D eigenvalue weighted by Gasteiger charge is -2.29. The molecule has 7 heteroatoms. The maximum Gasteiger partial charge on any atom is 0.309 e. The highest BCUT2D eigenvalue weighted by molar-refractivity contribution is 7.80. The first-order valence-electron chi connectivity index (χ1n) is 6.58. The SMILES string of the molecule is CC(CN1CCCCC1)NC(=O)C(=O)NCC(N)=S. The summed E-state index contributed by atoms with van der Waals surface area (Å²) >= 11 is 4.62. The number of rotatable bonds is 5. The summed E-state index contributed by atoms with van der Waals surface area (Å²) in [5.41, 5.74) is 5.24. The highest BCUT2D eigenvalue weighted by Crippen LogP contribution is 2.08. The number of likely N-dealkylation sites (tertiary alicyclic amines) is 1. The zero-order chi connectivity index (χ0) is 14.3. The molecule has 6 nitrogen and oxygen atoms in total. The number of hydrogen-bond donors (Lipinski definition) is 3. The fraction of sp³-hybridized carbons (Fsp3) is 0.750. The molecule has 1 unspecified atom stereocenters. The zero-order valence-corrected chi connectivity index (χ0v) is 12.1. The van der Waals surface area contributed by atoms with Crippen molar-refractivity contribution in [2.24, 2.45) is 5.73 Å². The van der Waals surface area contributed by atoms with Gasteiger partial charge in [-0.25, -0.2) is 0 Å². The fourth-order valence-electron chi connectivity index (χ4n) is 2.11. The smallest absolute Gasteiger partial charge is 0.309 e. The van der Waals surface area contributed by atoms with Crippen molar-refractivity contribution in [1.29, 1.82) is 0 Å². The van der Waals surface area contributed by atoms with Crippen LogP contribution in [0.25, 0.3) is 0 Å². The predicted octanol–water partition coefficient (Wildman–Crippen LogP) is -0.621. The summed E-state index contributed by atoms with van der Waals surface area (Å²) in [7, 11) is 0. The van der Waals surface area contributed by atoms with Gasteiger partial charge in [0.2, 0.25) is 0 Å². The monoisotopic (exact) mass is 286 g/mol. The summed E-state index contributed by atoms with van der Waals surface area (Å²) in [4.78, 5) is 25.5. The zero-order valence-electron chi connectivity index (χ0n) is 11.3. The Morgan fingerprint density at radius 3 is 2.47 bits per heavy atom. The molecule has 1 rings (SSSR count). The molecule has 0 saturated carbocycles. The third-order valence-corrected chi connectivity index (χ3v) is 3.13. The molecule has 0 bridgehead atoms. The van der Waals surface area contributed by atoms with Crippen molar-refractivity contribution in [2.75, 3.05) is 26.2 Å². The van der Waals surface area contributed by atoms with Gasteiger partial charge in [0.05, 0.1) is 11.5 Å². The van der Waals surface area contributed by atoms with Crippen LogP contribution in [0.1, 0.15) is 26.2 Å². The minimum absolute atomic E-state index is 0.0437. The molecule has 0 aromatic heterocycles.